The Hall–Kier alpha value is -2.95. The number of hydrogen-bond donors (Lipinski definition) is 1. The van der Waals surface area contributed by atoms with E-state index in [0.29, 0.717) is 5.56 Å². The number of amides is 2. The molecule has 0 aliphatic carbocycles. The highest BCUT2D eigenvalue weighted by Crippen LogP contribution is 2.21. The zero-order valence-corrected chi connectivity index (χ0v) is 15.5. The van der Waals surface area contributed by atoms with Crippen LogP contribution >= 0.6 is 0 Å². The summed E-state index contributed by atoms with van der Waals surface area (Å²) in [6.07, 6.45) is 2.95. The summed E-state index contributed by atoms with van der Waals surface area (Å²) < 4.78 is 12.9. The average Bonchev–Trinajstić information content (AvgIpc) is 2.57. The Kier molecular flexibility index (Phi) is 6.28. The number of rotatable bonds is 5. The fraction of sp³-hybridized carbons (Fsp3) is 0.238. The Balaban J connectivity index is 1.96. The number of halogens is 1. The van der Waals surface area contributed by atoms with Crippen molar-refractivity contribution >= 4 is 23.6 Å². The first-order valence-corrected chi connectivity index (χ1v) is 8.32. The number of carbonyl (C=O) groups is 2. The van der Waals surface area contributed by atoms with Gasteiger partial charge in [-0.3, -0.25) is 9.59 Å². The van der Waals surface area contributed by atoms with E-state index >= 15 is 0 Å². The van der Waals surface area contributed by atoms with Crippen molar-refractivity contribution in [3.8, 4) is 0 Å². The summed E-state index contributed by atoms with van der Waals surface area (Å²) in [4.78, 5) is 25.7. The maximum absolute atomic E-state index is 12.9. The van der Waals surface area contributed by atoms with Gasteiger partial charge in [0.2, 0.25) is 11.8 Å². The third-order valence-corrected chi connectivity index (χ3v) is 3.99. The molecule has 0 aromatic heterocycles. The number of carbonyl (C=O) groups excluding carboxylic acids is 2. The minimum atomic E-state index is -0.330. The van der Waals surface area contributed by atoms with Crippen LogP contribution in [0, 0.1) is 26.6 Å². The summed E-state index contributed by atoms with van der Waals surface area (Å²) in [6.45, 7) is 5.83. The van der Waals surface area contributed by atoms with Crippen molar-refractivity contribution < 1.29 is 14.0 Å². The van der Waals surface area contributed by atoms with Crippen molar-refractivity contribution in [1.82, 2.24) is 4.90 Å². The van der Waals surface area contributed by atoms with Gasteiger partial charge in [-0.2, -0.15) is 0 Å². The lowest BCUT2D eigenvalue weighted by Gasteiger charge is -2.17. The Bertz CT molecular complexity index is 819. The summed E-state index contributed by atoms with van der Waals surface area (Å²) in [5, 5.41) is 2.87. The number of anilines is 1. The highest BCUT2D eigenvalue weighted by Gasteiger charge is 2.13. The third-order valence-electron chi connectivity index (χ3n) is 3.99. The maximum Gasteiger partial charge on any atom is 0.246 e. The standard InChI is InChI=1S/C21H23FN2O2/c1-14-11-15(2)21(16(3)12-14)23-19(25)13-24(4)20(26)10-7-17-5-8-18(22)9-6-17/h5-12H,13H2,1-4H3,(H,23,25)/b10-7+. The molecule has 0 saturated carbocycles. The summed E-state index contributed by atoms with van der Waals surface area (Å²) in [6, 6.07) is 9.82. The van der Waals surface area contributed by atoms with E-state index in [4.69, 9.17) is 0 Å². The van der Waals surface area contributed by atoms with E-state index in [-0.39, 0.29) is 24.2 Å². The third kappa shape index (κ3) is 5.28. The molecular weight excluding hydrogens is 331 g/mol. The molecule has 2 aromatic rings. The van der Waals surface area contributed by atoms with E-state index in [1.807, 2.05) is 32.9 Å². The van der Waals surface area contributed by atoms with E-state index in [1.165, 1.54) is 23.1 Å². The second-order valence-electron chi connectivity index (χ2n) is 6.40. The molecule has 1 N–H and O–H groups in total. The first-order chi connectivity index (χ1) is 12.3. The molecule has 0 heterocycles. The monoisotopic (exact) mass is 354 g/mol. The van der Waals surface area contributed by atoms with Crippen LogP contribution in [0.5, 0.6) is 0 Å². The lowest BCUT2D eigenvalue weighted by Crippen LogP contribution is -2.34. The van der Waals surface area contributed by atoms with Crippen molar-refractivity contribution in [2.24, 2.45) is 0 Å². The number of aryl methyl sites for hydroxylation is 3. The summed E-state index contributed by atoms with van der Waals surface area (Å²) in [5.74, 6) is -0.892. The molecule has 0 aliphatic heterocycles. The maximum atomic E-state index is 12.9. The van der Waals surface area contributed by atoms with Crippen LogP contribution in [0.25, 0.3) is 6.08 Å². The van der Waals surface area contributed by atoms with Crippen LogP contribution in [0.1, 0.15) is 22.3 Å². The van der Waals surface area contributed by atoms with Crippen LogP contribution in [0.3, 0.4) is 0 Å². The molecule has 2 aromatic carbocycles. The van der Waals surface area contributed by atoms with Gasteiger partial charge < -0.3 is 10.2 Å². The van der Waals surface area contributed by atoms with Gasteiger partial charge >= 0.3 is 0 Å². The largest absolute Gasteiger partial charge is 0.333 e. The molecule has 26 heavy (non-hydrogen) atoms. The Morgan fingerprint density at radius 2 is 1.65 bits per heavy atom. The fourth-order valence-electron chi connectivity index (χ4n) is 2.72. The van der Waals surface area contributed by atoms with E-state index in [0.717, 1.165) is 22.4 Å². The van der Waals surface area contributed by atoms with Crippen LogP contribution in [0.4, 0.5) is 10.1 Å². The molecule has 0 fully saturated rings. The van der Waals surface area contributed by atoms with Gasteiger partial charge in [0.25, 0.3) is 0 Å². The molecule has 0 radical (unpaired) electrons. The van der Waals surface area contributed by atoms with Crippen LogP contribution in [-0.2, 0) is 9.59 Å². The smallest absolute Gasteiger partial charge is 0.246 e. The summed E-state index contributed by atoms with van der Waals surface area (Å²) in [5.41, 5.74) is 4.60. The lowest BCUT2D eigenvalue weighted by atomic mass is 10.1. The van der Waals surface area contributed by atoms with Crippen molar-refractivity contribution in [1.29, 1.82) is 0 Å². The molecule has 4 nitrogen and oxygen atoms in total. The number of nitrogens with one attached hydrogen (secondary N) is 1. The van der Waals surface area contributed by atoms with Crippen LogP contribution < -0.4 is 5.32 Å². The van der Waals surface area contributed by atoms with Gasteiger partial charge in [0, 0.05) is 18.8 Å². The van der Waals surface area contributed by atoms with Gasteiger partial charge in [-0.05, 0) is 55.7 Å². The first kappa shape index (κ1) is 19.4. The highest BCUT2D eigenvalue weighted by molar-refractivity contribution is 5.98. The Morgan fingerprint density at radius 1 is 1.08 bits per heavy atom. The van der Waals surface area contributed by atoms with Crippen LogP contribution in [0.15, 0.2) is 42.5 Å². The van der Waals surface area contributed by atoms with Gasteiger partial charge in [0.15, 0.2) is 0 Å². The normalized spacial score (nSPS) is 10.8. The number of nitrogens with zero attached hydrogens (tertiary/aromatic N) is 1. The molecule has 0 saturated heterocycles. The highest BCUT2D eigenvalue weighted by atomic mass is 19.1. The predicted molar refractivity (Wildman–Crippen MR) is 102 cm³/mol. The minimum Gasteiger partial charge on any atom is -0.333 e. The molecule has 0 bridgehead atoms. The molecular formula is C21H23FN2O2. The zero-order chi connectivity index (χ0) is 19.3. The zero-order valence-electron chi connectivity index (χ0n) is 15.5. The summed E-state index contributed by atoms with van der Waals surface area (Å²) in [7, 11) is 1.56. The quantitative estimate of drug-likeness (QED) is 0.829. The van der Waals surface area contributed by atoms with Crippen molar-refractivity contribution in [2.45, 2.75) is 20.8 Å². The molecule has 2 rings (SSSR count). The van der Waals surface area contributed by atoms with Crippen molar-refractivity contribution in [3.63, 3.8) is 0 Å². The number of hydrogen-bond acceptors (Lipinski definition) is 2. The molecule has 2 amide bonds. The van der Waals surface area contributed by atoms with Crippen LogP contribution in [-0.4, -0.2) is 30.3 Å². The topological polar surface area (TPSA) is 49.4 Å². The van der Waals surface area contributed by atoms with Gasteiger partial charge in [-0.1, -0.05) is 29.8 Å². The Morgan fingerprint density at radius 3 is 2.23 bits per heavy atom. The fourth-order valence-corrected chi connectivity index (χ4v) is 2.72. The molecule has 0 unspecified atom stereocenters. The average molecular weight is 354 g/mol. The Labute approximate surface area is 153 Å². The second-order valence-corrected chi connectivity index (χ2v) is 6.40. The number of likely N-dealkylation sites (N-methyl/N-ethyl adjacent to an activating group) is 1. The van der Waals surface area contributed by atoms with Crippen molar-refractivity contribution in [3.05, 3.63) is 70.5 Å². The predicted octanol–water partition coefficient (Wildman–Crippen LogP) is 3.86. The lowest BCUT2D eigenvalue weighted by molar-refractivity contribution is -0.129. The number of benzene rings is 2. The van der Waals surface area contributed by atoms with Gasteiger partial charge in [-0.25, -0.2) is 4.39 Å². The summed E-state index contributed by atoms with van der Waals surface area (Å²) >= 11 is 0. The minimum absolute atomic E-state index is 0.0562. The molecule has 0 atom stereocenters. The van der Waals surface area contributed by atoms with Gasteiger partial charge in [0.1, 0.15) is 5.82 Å². The van der Waals surface area contributed by atoms with E-state index in [9.17, 15) is 14.0 Å². The van der Waals surface area contributed by atoms with E-state index in [2.05, 4.69) is 5.32 Å². The van der Waals surface area contributed by atoms with E-state index in [1.54, 1.807) is 25.3 Å². The van der Waals surface area contributed by atoms with Gasteiger partial charge in [-0.15, -0.1) is 0 Å². The molecule has 0 aliphatic rings. The molecule has 0 spiro atoms. The van der Waals surface area contributed by atoms with Crippen molar-refractivity contribution in [2.75, 3.05) is 18.9 Å². The first-order valence-electron chi connectivity index (χ1n) is 8.32. The molecule has 136 valence electrons. The second kappa shape index (κ2) is 8.43. The molecule has 5 heteroatoms. The van der Waals surface area contributed by atoms with E-state index < -0.39 is 0 Å². The SMILES string of the molecule is Cc1cc(C)c(NC(=O)CN(C)C(=O)/C=C/c2ccc(F)cc2)c(C)c1. The van der Waals surface area contributed by atoms with Crippen LogP contribution in [0.2, 0.25) is 0 Å². The van der Waals surface area contributed by atoms with Gasteiger partial charge in [0.05, 0.1) is 6.54 Å².